The number of hydrogen-bond acceptors (Lipinski definition) is 6. The third-order valence-electron chi connectivity index (χ3n) is 3.93. The Balaban J connectivity index is 2.58. The molecule has 1 aliphatic heterocycles. The van der Waals surface area contributed by atoms with Crippen molar-refractivity contribution in [1.29, 1.82) is 0 Å². The van der Waals surface area contributed by atoms with Crippen LogP contribution in [0.4, 0.5) is 8.78 Å². The van der Waals surface area contributed by atoms with E-state index < -0.39 is 18.6 Å². The number of alkyl halides is 2. The van der Waals surface area contributed by atoms with Crippen LogP contribution >= 0.6 is 0 Å². The molecule has 0 aliphatic carbocycles. The van der Waals surface area contributed by atoms with E-state index in [0.29, 0.717) is 26.2 Å². The van der Waals surface area contributed by atoms with Gasteiger partial charge in [-0.25, -0.2) is 8.78 Å². The van der Waals surface area contributed by atoms with Crippen molar-refractivity contribution in [3.63, 3.8) is 0 Å². The lowest BCUT2D eigenvalue weighted by molar-refractivity contribution is -0.119. The lowest BCUT2D eigenvalue weighted by Gasteiger charge is -2.39. The number of benzene rings is 1. The van der Waals surface area contributed by atoms with Gasteiger partial charge in [0.1, 0.15) is 29.9 Å². The van der Waals surface area contributed by atoms with Crippen molar-refractivity contribution in [2.24, 2.45) is 0 Å². The van der Waals surface area contributed by atoms with Crippen molar-refractivity contribution >= 4 is 0 Å². The van der Waals surface area contributed by atoms with E-state index >= 15 is 0 Å². The fraction of sp³-hybridized carbons (Fsp3) is 0.600. The fourth-order valence-electron chi connectivity index (χ4n) is 2.88. The number of nitrogens with one attached hydrogen (secondary N) is 1. The molecule has 23 heavy (non-hydrogen) atoms. The molecule has 8 heteroatoms. The average Bonchev–Trinajstić information content (AvgIpc) is 2.56. The monoisotopic (exact) mass is 332 g/mol. The van der Waals surface area contributed by atoms with Crippen LogP contribution in [0.5, 0.6) is 17.2 Å². The third kappa shape index (κ3) is 3.65. The van der Waals surface area contributed by atoms with Gasteiger partial charge in [0.25, 0.3) is 5.92 Å². The molecule has 130 valence electrons. The number of nitrogens with zero attached hydrogens (tertiary/aromatic N) is 1. The molecule has 0 amide bonds. The molecule has 1 atom stereocenters. The van der Waals surface area contributed by atoms with Crippen LogP contribution in [-0.2, 0) is 0 Å². The number of halogens is 2. The lowest BCUT2D eigenvalue weighted by atomic mass is 9.96. The van der Waals surface area contributed by atoms with E-state index in [1.807, 2.05) is 0 Å². The zero-order valence-electron chi connectivity index (χ0n) is 13.2. The van der Waals surface area contributed by atoms with Gasteiger partial charge in [-0.3, -0.25) is 4.90 Å². The van der Waals surface area contributed by atoms with Crippen LogP contribution in [0.1, 0.15) is 11.6 Å². The first kappa shape index (κ1) is 17.7. The van der Waals surface area contributed by atoms with Gasteiger partial charge in [-0.15, -0.1) is 0 Å². The van der Waals surface area contributed by atoms with E-state index in [9.17, 15) is 19.0 Å². The number of phenols is 1. The quantitative estimate of drug-likeness (QED) is 0.721. The summed E-state index contributed by atoms with van der Waals surface area (Å²) in [5, 5.41) is 22.0. The third-order valence-corrected chi connectivity index (χ3v) is 3.93. The van der Waals surface area contributed by atoms with Gasteiger partial charge in [0, 0.05) is 38.3 Å². The van der Waals surface area contributed by atoms with Crippen LogP contribution in [0.2, 0.25) is 0 Å². The smallest absolute Gasteiger partial charge is 0.290 e. The summed E-state index contributed by atoms with van der Waals surface area (Å²) in [5.41, 5.74) is 0.119. The molecule has 0 saturated carbocycles. The van der Waals surface area contributed by atoms with Crippen molar-refractivity contribution < 1.29 is 28.5 Å². The maximum absolute atomic E-state index is 14.5. The number of methoxy groups -OCH3 is 2. The lowest BCUT2D eigenvalue weighted by Crippen LogP contribution is -2.51. The van der Waals surface area contributed by atoms with Crippen LogP contribution < -0.4 is 14.8 Å². The first-order chi connectivity index (χ1) is 10.9. The number of aromatic hydroxyl groups is 1. The molecule has 3 N–H and O–H groups in total. The second kappa shape index (κ2) is 7.29. The Kier molecular flexibility index (Phi) is 5.61. The molecule has 2 rings (SSSR count). The minimum absolute atomic E-state index is 0.0958. The van der Waals surface area contributed by atoms with E-state index in [0.717, 1.165) is 0 Å². The number of piperazine rings is 1. The fourth-order valence-corrected chi connectivity index (χ4v) is 2.88. The predicted molar refractivity (Wildman–Crippen MR) is 80.4 cm³/mol. The number of aliphatic hydroxyl groups is 1. The predicted octanol–water partition coefficient (Wildman–Crippen LogP) is 0.983. The van der Waals surface area contributed by atoms with Crippen molar-refractivity contribution in [3.8, 4) is 17.2 Å². The molecule has 1 aromatic carbocycles. The highest BCUT2D eigenvalue weighted by Crippen LogP contribution is 2.46. The average molecular weight is 332 g/mol. The van der Waals surface area contributed by atoms with Crippen LogP contribution in [0, 0.1) is 0 Å². The summed E-state index contributed by atoms with van der Waals surface area (Å²) in [5.74, 6) is -3.35. The van der Waals surface area contributed by atoms with Gasteiger partial charge in [-0.2, -0.15) is 0 Å². The number of ether oxygens (including phenoxy) is 2. The highest BCUT2D eigenvalue weighted by Gasteiger charge is 2.47. The van der Waals surface area contributed by atoms with E-state index in [1.165, 1.54) is 26.4 Å². The molecule has 1 aromatic rings. The van der Waals surface area contributed by atoms with Gasteiger partial charge >= 0.3 is 0 Å². The van der Waals surface area contributed by atoms with E-state index in [1.54, 1.807) is 4.90 Å². The van der Waals surface area contributed by atoms with Crippen molar-refractivity contribution in [1.82, 2.24) is 10.2 Å². The molecule has 0 bridgehead atoms. The molecule has 1 aliphatic rings. The van der Waals surface area contributed by atoms with Crippen LogP contribution in [0.25, 0.3) is 0 Å². The van der Waals surface area contributed by atoms with Gasteiger partial charge in [-0.1, -0.05) is 0 Å². The van der Waals surface area contributed by atoms with Gasteiger partial charge in [-0.05, 0) is 0 Å². The van der Waals surface area contributed by atoms with Gasteiger partial charge in [0.2, 0.25) is 0 Å². The first-order valence-corrected chi connectivity index (χ1v) is 7.33. The summed E-state index contributed by atoms with van der Waals surface area (Å²) in [6.45, 7) is 0.636. The van der Waals surface area contributed by atoms with Gasteiger partial charge < -0.3 is 25.0 Å². The standard InChI is InChI=1S/C15H22F2N2O4/c1-22-11-7-10(21)8-12(23-2)13(11)14(15(16,17)9-20)19-5-3-18-4-6-19/h7-8,14,18,20-21H,3-6,9H2,1-2H3/t14-/m1/s1. The summed E-state index contributed by atoms with van der Waals surface area (Å²) in [4.78, 5) is 1.59. The highest BCUT2D eigenvalue weighted by molar-refractivity contribution is 5.52. The maximum atomic E-state index is 14.5. The zero-order chi connectivity index (χ0) is 17.0. The van der Waals surface area contributed by atoms with Crippen molar-refractivity contribution in [3.05, 3.63) is 17.7 Å². The zero-order valence-corrected chi connectivity index (χ0v) is 13.2. The molecule has 0 unspecified atom stereocenters. The molecular weight excluding hydrogens is 310 g/mol. The minimum Gasteiger partial charge on any atom is -0.508 e. The van der Waals surface area contributed by atoms with Crippen LogP contribution in [-0.4, -0.2) is 68.0 Å². The molecule has 1 saturated heterocycles. The summed E-state index contributed by atoms with van der Waals surface area (Å²) < 4.78 is 39.4. The second-order valence-corrected chi connectivity index (χ2v) is 5.37. The molecule has 0 spiro atoms. The Bertz CT molecular complexity index is 511. The van der Waals surface area contributed by atoms with E-state index in [2.05, 4.69) is 5.32 Å². The van der Waals surface area contributed by atoms with Crippen LogP contribution in [0.15, 0.2) is 12.1 Å². The number of rotatable bonds is 6. The normalized spacial score (nSPS) is 17.8. The Morgan fingerprint density at radius 1 is 1.22 bits per heavy atom. The second-order valence-electron chi connectivity index (χ2n) is 5.37. The summed E-state index contributed by atoms with van der Waals surface area (Å²) >= 11 is 0. The van der Waals surface area contributed by atoms with Gasteiger partial charge in [0.15, 0.2) is 0 Å². The first-order valence-electron chi connectivity index (χ1n) is 7.33. The van der Waals surface area contributed by atoms with E-state index in [-0.39, 0.29) is 22.8 Å². The van der Waals surface area contributed by atoms with Crippen molar-refractivity contribution in [2.75, 3.05) is 47.0 Å². The molecule has 0 aromatic heterocycles. The topological polar surface area (TPSA) is 74.2 Å². The highest BCUT2D eigenvalue weighted by atomic mass is 19.3. The Morgan fingerprint density at radius 2 is 1.74 bits per heavy atom. The van der Waals surface area contributed by atoms with E-state index in [4.69, 9.17) is 9.47 Å². The minimum atomic E-state index is -3.39. The largest absolute Gasteiger partial charge is 0.508 e. The number of phenolic OH excluding ortho intramolecular Hbond substituents is 1. The molecule has 6 nitrogen and oxygen atoms in total. The molecular formula is C15H22F2N2O4. The number of aliphatic hydroxyl groups excluding tert-OH is 1. The van der Waals surface area contributed by atoms with Crippen molar-refractivity contribution in [2.45, 2.75) is 12.0 Å². The Morgan fingerprint density at radius 3 is 2.17 bits per heavy atom. The molecule has 1 heterocycles. The summed E-state index contributed by atoms with van der Waals surface area (Å²) in [7, 11) is 2.67. The maximum Gasteiger partial charge on any atom is 0.290 e. The number of hydrogen-bond donors (Lipinski definition) is 3. The van der Waals surface area contributed by atoms with Crippen LogP contribution in [0.3, 0.4) is 0 Å². The Labute approximate surface area is 133 Å². The summed E-state index contributed by atoms with van der Waals surface area (Å²) in [6, 6.07) is 1.11. The Hall–Kier alpha value is -1.64. The molecule has 1 fully saturated rings. The SMILES string of the molecule is COc1cc(O)cc(OC)c1[C@@H](N1CCNCC1)C(F)(F)CO. The summed E-state index contributed by atoms with van der Waals surface area (Å²) in [6.07, 6.45) is 0. The molecule has 0 radical (unpaired) electrons. The van der Waals surface area contributed by atoms with Gasteiger partial charge in [0.05, 0.1) is 19.8 Å².